The molecule has 0 spiro atoms. The van der Waals surface area contributed by atoms with E-state index in [9.17, 15) is 0 Å². The van der Waals surface area contributed by atoms with E-state index in [0.717, 1.165) is 12.2 Å². The van der Waals surface area contributed by atoms with Crippen LogP contribution in [0.5, 0.6) is 0 Å². The summed E-state index contributed by atoms with van der Waals surface area (Å²) in [7, 11) is 3.92. The third-order valence-electron chi connectivity index (χ3n) is 2.25. The summed E-state index contributed by atoms with van der Waals surface area (Å²) in [5.74, 6) is 0. The van der Waals surface area contributed by atoms with Crippen LogP contribution in [0.4, 0.5) is 0 Å². The van der Waals surface area contributed by atoms with Crippen LogP contribution in [-0.2, 0) is 13.6 Å². The van der Waals surface area contributed by atoms with Crippen molar-refractivity contribution < 1.29 is 0 Å². The van der Waals surface area contributed by atoms with Crippen LogP contribution in [0.25, 0.3) is 10.6 Å². The molecule has 2 heterocycles. The third kappa shape index (κ3) is 2.11. The van der Waals surface area contributed by atoms with Gasteiger partial charge in [-0.25, -0.2) is 0 Å². The molecule has 15 heavy (non-hydrogen) atoms. The molecule has 3 nitrogen and oxygen atoms in total. The maximum Gasteiger partial charge on any atom is 0.107 e. The van der Waals surface area contributed by atoms with Crippen LogP contribution in [0.1, 0.15) is 10.4 Å². The Hall–Kier alpha value is -1.13. The van der Waals surface area contributed by atoms with Crippen molar-refractivity contribution in [1.82, 2.24) is 15.1 Å². The zero-order valence-corrected chi connectivity index (χ0v) is 10.1. The number of aromatic nitrogens is 2. The molecule has 0 aliphatic rings. The molecule has 0 radical (unpaired) electrons. The van der Waals surface area contributed by atoms with Crippen LogP contribution >= 0.6 is 11.3 Å². The molecule has 0 aliphatic carbocycles. The van der Waals surface area contributed by atoms with E-state index in [1.807, 2.05) is 18.8 Å². The molecule has 2 aromatic heterocycles. The summed E-state index contributed by atoms with van der Waals surface area (Å²) in [6.45, 7) is 2.98. The molecule has 2 aromatic rings. The molecule has 0 atom stereocenters. The first-order valence-electron chi connectivity index (χ1n) is 4.94. The Bertz CT molecular complexity index is 456. The Morgan fingerprint density at radius 2 is 2.27 bits per heavy atom. The molecule has 0 unspecified atom stereocenters. The van der Waals surface area contributed by atoms with Crippen molar-refractivity contribution in [3.63, 3.8) is 0 Å². The zero-order chi connectivity index (χ0) is 10.8. The third-order valence-corrected chi connectivity index (χ3v) is 3.25. The lowest BCUT2D eigenvalue weighted by Crippen LogP contribution is -2.04. The van der Waals surface area contributed by atoms with E-state index in [1.165, 1.54) is 15.3 Å². The predicted molar refractivity (Wildman–Crippen MR) is 64.0 cm³/mol. The molecular formula is C11H15N3S. The quantitative estimate of drug-likeness (QED) is 0.861. The maximum atomic E-state index is 4.50. The van der Waals surface area contributed by atoms with Gasteiger partial charge in [-0.15, -0.1) is 11.3 Å². The van der Waals surface area contributed by atoms with Gasteiger partial charge < -0.3 is 5.32 Å². The van der Waals surface area contributed by atoms with Crippen LogP contribution in [0.15, 0.2) is 18.3 Å². The molecule has 80 valence electrons. The van der Waals surface area contributed by atoms with Crippen LogP contribution in [-0.4, -0.2) is 16.8 Å². The highest BCUT2D eigenvalue weighted by Crippen LogP contribution is 2.28. The van der Waals surface area contributed by atoms with Crippen LogP contribution in [0, 0.1) is 6.92 Å². The van der Waals surface area contributed by atoms with Crippen molar-refractivity contribution in [3.05, 3.63) is 28.8 Å². The first-order valence-corrected chi connectivity index (χ1v) is 5.76. The number of hydrogen-bond donors (Lipinski definition) is 1. The molecule has 0 aromatic carbocycles. The Kier molecular flexibility index (Phi) is 2.88. The van der Waals surface area contributed by atoms with Crippen molar-refractivity contribution in [1.29, 1.82) is 0 Å². The van der Waals surface area contributed by atoms with Gasteiger partial charge in [-0.1, -0.05) is 0 Å². The van der Waals surface area contributed by atoms with E-state index < -0.39 is 0 Å². The minimum atomic E-state index is 0.861. The Labute approximate surface area is 93.7 Å². The summed E-state index contributed by atoms with van der Waals surface area (Å²) in [6, 6.07) is 4.28. The molecule has 0 fully saturated rings. The number of hydrogen-bond acceptors (Lipinski definition) is 3. The van der Waals surface area contributed by atoms with Gasteiger partial charge in [0, 0.05) is 30.2 Å². The van der Waals surface area contributed by atoms with Gasteiger partial charge in [-0.05, 0) is 26.1 Å². The van der Waals surface area contributed by atoms with Gasteiger partial charge in [0.1, 0.15) is 5.69 Å². The van der Waals surface area contributed by atoms with Crippen molar-refractivity contribution in [3.8, 4) is 10.6 Å². The van der Waals surface area contributed by atoms with E-state index in [-0.39, 0.29) is 0 Å². The lowest BCUT2D eigenvalue weighted by Gasteiger charge is -1.97. The van der Waals surface area contributed by atoms with Crippen molar-refractivity contribution in [2.24, 2.45) is 7.05 Å². The lowest BCUT2D eigenvalue weighted by molar-refractivity contribution is 0.766. The van der Waals surface area contributed by atoms with E-state index in [0.29, 0.717) is 0 Å². The average Bonchev–Trinajstić information content (AvgIpc) is 2.73. The molecule has 2 rings (SSSR count). The molecule has 4 heteroatoms. The van der Waals surface area contributed by atoms with Gasteiger partial charge in [0.05, 0.1) is 4.88 Å². The summed E-state index contributed by atoms with van der Waals surface area (Å²) >= 11 is 1.79. The molecule has 0 amide bonds. The number of rotatable bonds is 3. The van der Waals surface area contributed by atoms with Gasteiger partial charge in [0.2, 0.25) is 0 Å². The Morgan fingerprint density at radius 1 is 1.47 bits per heavy atom. The topological polar surface area (TPSA) is 29.9 Å². The summed E-state index contributed by atoms with van der Waals surface area (Å²) in [5.41, 5.74) is 2.35. The zero-order valence-electron chi connectivity index (χ0n) is 9.24. The predicted octanol–water partition coefficient (Wildman–Crippen LogP) is 2.18. The number of nitrogens with zero attached hydrogens (tertiary/aromatic N) is 2. The summed E-state index contributed by atoms with van der Waals surface area (Å²) < 4.78 is 1.87. The van der Waals surface area contributed by atoms with E-state index in [4.69, 9.17) is 0 Å². The van der Waals surface area contributed by atoms with Gasteiger partial charge in [0.15, 0.2) is 0 Å². The van der Waals surface area contributed by atoms with Crippen molar-refractivity contribution >= 4 is 11.3 Å². The highest BCUT2D eigenvalue weighted by Gasteiger charge is 2.10. The fourth-order valence-corrected chi connectivity index (χ4v) is 2.51. The van der Waals surface area contributed by atoms with Crippen LogP contribution in [0.2, 0.25) is 0 Å². The smallest absolute Gasteiger partial charge is 0.107 e. The standard InChI is InChI=1S/C11H15N3S/c1-8-4-5-10(15-8)11-9(6-12-2)7-14(3)13-11/h4-5,7,12H,6H2,1-3H3. The second-order valence-corrected chi connectivity index (χ2v) is 4.91. The number of aryl methyl sites for hydroxylation is 2. The molecule has 1 N–H and O–H groups in total. The van der Waals surface area contributed by atoms with Gasteiger partial charge >= 0.3 is 0 Å². The summed E-state index contributed by atoms with van der Waals surface area (Å²) in [6.07, 6.45) is 2.07. The average molecular weight is 221 g/mol. The fraction of sp³-hybridized carbons (Fsp3) is 0.364. The highest BCUT2D eigenvalue weighted by molar-refractivity contribution is 7.15. The second-order valence-electron chi connectivity index (χ2n) is 3.62. The highest BCUT2D eigenvalue weighted by atomic mass is 32.1. The SMILES string of the molecule is CNCc1cn(C)nc1-c1ccc(C)s1. The lowest BCUT2D eigenvalue weighted by atomic mass is 10.2. The number of thiophene rings is 1. The normalized spacial score (nSPS) is 10.9. The summed E-state index contributed by atoms with van der Waals surface area (Å²) in [5, 5.41) is 7.67. The fourth-order valence-electron chi connectivity index (χ4n) is 1.63. The van der Waals surface area contributed by atoms with Crippen molar-refractivity contribution in [2.45, 2.75) is 13.5 Å². The largest absolute Gasteiger partial charge is 0.316 e. The van der Waals surface area contributed by atoms with Crippen LogP contribution < -0.4 is 5.32 Å². The monoisotopic (exact) mass is 221 g/mol. The Morgan fingerprint density at radius 3 is 2.87 bits per heavy atom. The van der Waals surface area contributed by atoms with E-state index in [2.05, 4.69) is 35.7 Å². The van der Waals surface area contributed by atoms with Crippen LogP contribution in [0.3, 0.4) is 0 Å². The molecule has 0 saturated heterocycles. The van der Waals surface area contributed by atoms with E-state index in [1.54, 1.807) is 11.3 Å². The van der Waals surface area contributed by atoms with E-state index >= 15 is 0 Å². The van der Waals surface area contributed by atoms with Crippen molar-refractivity contribution in [2.75, 3.05) is 7.05 Å². The molecule has 0 bridgehead atoms. The van der Waals surface area contributed by atoms with Gasteiger partial charge in [0.25, 0.3) is 0 Å². The molecule has 0 aliphatic heterocycles. The maximum absolute atomic E-state index is 4.50. The number of nitrogens with one attached hydrogen (secondary N) is 1. The first kappa shape index (κ1) is 10.4. The Balaban J connectivity index is 2.42. The minimum absolute atomic E-state index is 0.861. The summed E-state index contributed by atoms with van der Waals surface area (Å²) in [4.78, 5) is 2.57. The van der Waals surface area contributed by atoms with Gasteiger partial charge in [-0.3, -0.25) is 4.68 Å². The van der Waals surface area contributed by atoms with Gasteiger partial charge in [-0.2, -0.15) is 5.10 Å². The first-order chi connectivity index (χ1) is 7.20. The molecular weight excluding hydrogens is 206 g/mol. The minimum Gasteiger partial charge on any atom is -0.316 e. The second kappa shape index (κ2) is 4.16. The molecule has 0 saturated carbocycles.